The maximum absolute atomic E-state index is 12.1. The van der Waals surface area contributed by atoms with Gasteiger partial charge in [-0.05, 0) is 44.9 Å². The van der Waals surface area contributed by atoms with Gasteiger partial charge in [-0.3, -0.25) is 4.79 Å². The fourth-order valence-corrected chi connectivity index (χ4v) is 2.93. The molecule has 1 atom stereocenters. The van der Waals surface area contributed by atoms with Gasteiger partial charge in [0.1, 0.15) is 0 Å². The van der Waals surface area contributed by atoms with Crippen LogP contribution in [0.15, 0.2) is 0 Å². The van der Waals surface area contributed by atoms with E-state index >= 15 is 0 Å². The minimum atomic E-state index is -0.676. The molecule has 1 aliphatic heterocycles. The molecular weight excluding hydrogens is 216 g/mol. The zero-order valence-corrected chi connectivity index (χ0v) is 10.7. The smallest absolute Gasteiger partial charge is 0.222 e. The highest BCUT2D eigenvalue weighted by Gasteiger charge is 2.34. The molecule has 4 heteroatoms. The Labute approximate surface area is 103 Å². The van der Waals surface area contributed by atoms with E-state index in [0.717, 1.165) is 25.7 Å². The minimum absolute atomic E-state index is 0.211. The third-order valence-electron chi connectivity index (χ3n) is 4.16. The summed E-state index contributed by atoms with van der Waals surface area (Å²) in [4.78, 5) is 13.9. The lowest BCUT2D eigenvalue weighted by atomic mass is 9.84. The van der Waals surface area contributed by atoms with E-state index in [1.165, 1.54) is 0 Å². The van der Waals surface area contributed by atoms with Gasteiger partial charge in [0.25, 0.3) is 0 Å². The summed E-state index contributed by atoms with van der Waals surface area (Å²) in [5.74, 6) is 0.719. The van der Waals surface area contributed by atoms with Crippen molar-refractivity contribution in [1.82, 2.24) is 4.90 Å². The van der Waals surface area contributed by atoms with E-state index in [1.54, 1.807) is 6.92 Å². The van der Waals surface area contributed by atoms with Crippen LogP contribution in [0.5, 0.6) is 0 Å². The van der Waals surface area contributed by atoms with Crippen LogP contribution in [0.3, 0.4) is 0 Å². The zero-order chi connectivity index (χ0) is 12.5. The van der Waals surface area contributed by atoms with Crippen LogP contribution in [0.1, 0.15) is 45.4 Å². The lowest BCUT2D eigenvalue weighted by Crippen LogP contribution is -2.35. The Morgan fingerprint density at radius 3 is 2.59 bits per heavy atom. The van der Waals surface area contributed by atoms with Crippen molar-refractivity contribution in [2.45, 2.75) is 57.1 Å². The third kappa shape index (κ3) is 3.42. The van der Waals surface area contributed by atoms with Crippen LogP contribution < -0.4 is 5.73 Å². The first kappa shape index (κ1) is 12.8. The molecule has 17 heavy (non-hydrogen) atoms. The highest BCUT2D eigenvalue weighted by molar-refractivity contribution is 5.76. The lowest BCUT2D eigenvalue weighted by molar-refractivity contribution is -0.132. The maximum Gasteiger partial charge on any atom is 0.222 e. The second-order valence-corrected chi connectivity index (χ2v) is 6.05. The van der Waals surface area contributed by atoms with E-state index < -0.39 is 5.60 Å². The molecular formula is C13H24N2O2. The van der Waals surface area contributed by atoms with Crippen molar-refractivity contribution in [3.63, 3.8) is 0 Å². The summed E-state index contributed by atoms with van der Waals surface area (Å²) in [6.45, 7) is 3.01. The number of likely N-dealkylation sites (tertiary alicyclic amines) is 1. The van der Waals surface area contributed by atoms with E-state index in [1.807, 2.05) is 4.90 Å². The van der Waals surface area contributed by atoms with Gasteiger partial charge in [-0.15, -0.1) is 0 Å². The van der Waals surface area contributed by atoms with Gasteiger partial charge in [0.05, 0.1) is 5.60 Å². The van der Waals surface area contributed by atoms with Gasteiger partial charge in [0.15, 0.2) is 0 Å². The van der Waals surface area contributed by atoms with Crippen LogP contribution in [0.2, 0.25) is 0 Å². The second kappa shape index (κ2) is 4.94. The summed E-state index contributed by atoms with van der Waals surface area (Å²) < 4.78 is 0. The van der Waals surface area contributed by atoms with Crippen LogP contribution in [-0.4, -0.2) is 40.6 Å². The SMILES string of the molecule is CC1(O)CCN(C(=O)CC2CCC(N)CC2)C1. The Kier molecular flexibility index (Phi) is 3.73. The van der Waals surface area contributed by atoms with Crippen molar-refractivity contribution in [1.29, 1.82) is 0 Å². The Bertz CT molecular complexity index is 283. The topological polar surface area (TPSA) is 66.6 Å². The predicted octanol–water partition coefficient (Wildman–Crippen LogP) is 0.877. The molecule has 98 valence electrons. The fraction of sp³-hybridized carbons (Fsp3) is 0.923. The monoisotopic (exact) mass is 240 g/mol. The molecule has 0 radical (unpaired) electrons. The highest BCUT2D eigenvalue weighted by Crippen LogP contribution is 2.28. The predicted molar refractivity (Wildman–Crippen MR) is 66.4 cm³/mol. The summed E-state index contributed by atoms with van der Waals surface area (Å²) in [6.07, 6.45) is 5.61. The van der Waals surface area contributed by atoms with Crippen LogP contribution in [0.25, 0.3) is 0 Å². The molecule has 1 saturated heterocycles. The number of β-amino-alcohol motifs (C(OH)–C–C–N with tert-alkyl or cyclic N) is 1. The average molecular weight is 240 g/mol. The van der Waals surface area contributed by atoms with Gasteiger partial charge in [-0.25, -0.2) is 0 Å². The first-order chi connectivity index (χ1) is 7.96. The third-order valence-corrected chi connectivity index (χ3v) is 4.16. The number of carbonyl (C=O) groups excluding carboxylic acids is 1. The number of nitrogens with two attached hydrogens (primary N) is 1. The molecule has 0 aromatic carbocycles. The van der Waals surface area contributed by atoms with Crippen molar-refractivity contribution < 1.29 is 9.90 Å². The summed E-state index contributed by atoms with van der Waals surface area (Å²) in [5, 5.41) is 9.84. The Balaban J connectivity index is 1.78. The van der Waals surface area contributed by atoms with Crippen molar-refractivity contribution in [3.8, 4) is 0 Å². The number of hydrogen-bond donors (Lipinski definition) is 2. The number of nitrogens with zero attached hydrogens (tertiary/aromatic N) is 1. The van der Waals surface area contributed by atoms with Crippen molar-refractivity contribution in [2.24, 2.45) is 11.7 Å². The van der Waals surface area contributed by atoms with Gasteiger partial charge in [-0.1, -0.05) is 0 Å². The molecule has 1 amide bonds. The van der Waals surface area contributed by atoms with Gasteiger partial charge in [0, 0.05) is 25.6 Å². The van der Waals surface area contributed by atoms with Crippen LogP contribution in [0, 0.1) is 5.92 Å². The van der Waals surface area contributed by atoms with E-state index in [0.29, 0.717) is 37.9 Å². The summed E-state index contributed by atoms with van der Waals surface area (Å²) in [5.41, 5.74) is 5.18. The molecule has 3 N–H and O–H groups in total. The van der Waals surface area contributed by atoms with Gasteiger partial charge in [0.2, 0.25) is 5.91 Å². The minimum Gasteiger partial charge on any atom is -0.388 e. The fourth-order valence-electron chi connectivity index (χ4n) is 2.93. The van der Waals surface area contributed by atoms with E-state index in [4.69, 9.17) is 5.73 Å². The van der Waals surface area contributed by atoms with Crippen molar-refractivity contribution >= 4 is 5.91 Å². The Morgan fingerprint density at radius 2 is 2.06 bits per heavy atom. The molecule has 0 aromatic heterocycles. The summed E-state index contributed by atoms with van der Waals surface area (Å²) >= 11 is 0. The Morgan fingerprint density at radius 1 is 1.41 bits per heavy atom. The first-order valence-corrected chi connectivity index (χ1v) is 6.72. The summed E-state index contributed by atoms with van der Waals surface area (Å²) in [6, 6.07) is 0.342. The highest BCUT2D eigenvalue weighted by atomic mass is 16.3. The molecule has 2 fully saturated rings. The van der Waals surface area contributed by atoms with Crippen LogP contribution in [0.4, 0.5) is 0 Å². The second-order valence-electron chi connectivity index (χ2n) is 6.05. The molecule has 1 heterocycles. The largest absolute Gasteiger partial charge is 0.388 e. The van der Waals surface area contributed by atoms with Gasteiger partial charge in [-0.2, -0.15) is 0 Å². The summed E-state index contributed by atoms with van der Waals surface area (Å²) in [7, 11) is 0. The maximum atomic E-state index is 12.1. The number of aliphatic hydroxyl groups is 1. The molecule has 2 aliphatic rings. The molecule has 1 unspecified atom stereocenters. The van der Waals surface area contributed by atoms with E-state index in [-0.39, 0.29) is 5.91 Å². The average Bonchev–Trinajstić information content (AvgIpc) is 2.62. The van der Waals surface area contributed by atoms with Crippen molar-refractivity contribution in [3.05, 3.63) is 0 Å². The first-order valence-electron chi connectivity index (χ1n) is 6.72. The quantitative estimate of drug-likeness (QED) is 0.753. The molecule has 1 saturated carbocycles. The van der Waals surface area contributed by atoms with Gasteiger partial charge >= 0.3 is 0 Å². The van der Waals surface area contributed by atoms with E-state index in [9.17, 15) is 9.90 Å². The number of carbonyl (C=O) groups is 1. The van der Waals surface area contributed by atoms with Crippen LogP contribution >= 0.6 is 0 Å². The molecule has 4 nitrogen and oxygen atoms in total. The number of amides is 1. The van der Waals surface area contributed by atoms with Crippen molar-refractivity contribution in [2.75, 3.05) is 13.1 Å². The molecule has 0 aromatic rings. The normalized spacial score (nSPS) is 38.4. The molecule has 2 rings (SSSR count). The molecule has 0 bridgehead atoms. The number of hydrogen-bond acceptors (Lipinski definition) is 3. The zero-order valence-electron chi connectivity index (χ0n) is 10.7. The number of rotatable bonds is 2. The standard InChI is InChI=1S/C13H24N2O2/c1-13(17)6-7-15(9-13)12(16)8-10-2-4-11(14)5-3-10/h10-11,17H,2-9,14H2,1H3. The van der Waals surface area contributed by atoms with E-state index in [2.05, 4.69) is 0 Å². The lowest BCUT2D eigenvalue weighted by Gasteiger charge is -2.27. The van der Waals surface area contributed by atoms with Gasteiger partial charge < -0.3 is 15.7 Å². The molecule has 1 aliphatic carbocycles. The van der Waals surface area contributed by atoms with Crippen LogP contribution in [-0.2, 0) is 4.79 Å². The Hall–Kier alpha value is -0.610. The molecule has 0 spiro atoms.